The Bertz CT molecular complexity index is 197. The molecule has 0 aromatic rings. The molecule has 0 aliphatic heterocycles. The van der Waals surface area contributed by atoms with E-state index in [-0.39, 0.29) is 11.8 Å². The van der Waals surface area contributed by atoms with Crippen LogP contribution >= 0.6 is 0 Å². The first-order valence-electron chi connectivity index (χ1n) is 7.01. The third-order valence-electron chi connectivity index (χ3n) is 3.87. The molecule has 0 heterocycles. The summed E-state index contributed by atoms with van der Waals surface area (Å²) in [6.07, 6.45) is 10.5. The molecule has 0 spiro atoms. The Morgan fingerprint density at radius 1 is 1.31 bits per heavy atom. The molecule has 2 nitrogen and oxygen atoms in total. The van der Waals surface area contributed by atoms with Gasteiger partial charge >= 0.3 is 0 Å². The summed E-state index contributed by atoms with van der Waals surface area (Å²) < 4.78 is 0. The van der Waals surface area contributed by atoms with E-state index in [1.807, 2.05) is 6.92 Å². The van der Waals surface area contributed by atoms with Crippen LogP contribution in [0.1, 0.15) is 65.2 Å². The zero-order valence-electron chi connectivity index (χ0n) is 10.9. The minimum absolute atomic E-state index is 0.176. The Morgan fingerprint density at radius 3 is 2.62 bits per heavy atom. The van der Waals surface area contributed by atoms with Gasteiger partial charge in [0.15, 0.2) is 0 Å². The van der Waals surface area contributed by atoms with Gasteiger partial charge in [0.2, 0.25) is 5.91 Å². The number of carbonyl (C=O) groups excluding carboxylic acids is 1. The van der Waals surface area contributed by atoms with Gasteiger partial charge in [0.05, 0.1) is 0 Å². The SMILES string of the molecule is CCC(C)C(=O)NCCCC1CCCCC1. The van der Waals surface area contributed by atoms with Gasteiger partial charge < -0.3 is 5.32 Å². The first-order valence-corrected chi connectivity index (χ1v) is 7.01. The van der Waals surface area contributed by atoms with Crippen molar-refractivity contribution in [1.29, 1.82) is 0 Å². The van der Waals surface area contributed by atoms with Crippen molar-refractivity contribution in [3.63, 3.8) is 0 Å². The molecule has 1 unspecified atom stereocenters. The number of hydrogen-bond donors (Lipinski definition) is 1. The molecule has 0 aromatic heterocycles. The molecule has 2 heteroatoms. The van der Waals surface area contributed by atoms with Crippen molar-refractivity contribution in [2.75, 3.05) is 6.54 Å². The van der Waals surface area contributed by atoms with Crippen LogP contribution in [0.5, 0.6) is 0 Å². The van der Waals surface area contributed by atoms with Gasteiger partial charge in [0.25, 0.3) is 0 Å². The fraction of sp³-hybridized carbons (Fsp3) is 0.929. The zero-order chi connectivity index (χ0) is 11.8. The molecule has 1 rings (SSSR count). The van der Waals surface area contributed by atoms with Crippen molar-refractivity contribution in [1.82, 2.24) is 5.32 Å². The molecule has 1 fully saturated rings. The Kier molecular flexibility index (Phi) is 6.51. The average Bonchev–Trinajstić information content (AvgIpc) is 2.34. The Balaban J connectivity index is 2.00. The third-order valence-corrected chi connectivity index (χ3v) is 3.87. The van der Waals surface area contributed by atoms with Crippen LogP contribution in [0.2, 0.25) is 0 Å². The van der Waals surface area contributed by atoms with Gasteiger partial charge in [-0.15, -0.1) is 0 Å². The maximum atomic E-state index is 11.5. The lowest BCUT2D eigenvalue weighted by Gasteiger charge is -2.21. The van der Waals surface area contributed by atoms with Gasteiger partial charge in [-0.3, -0.25) is 4.79 Å². The van der Waals surface area contributed by atoms with Crippen LogP contribution in [-0.4, -0.2) is 12.5 Å². The van der Waals surface area contributed by atoms with Crippen LogP contribution in [-0.2, 0) is 4.79 Å². The second-order valence-electron chi connectivity index (χ2n) is 5.25. The van der Waals surface area contributed by atoms with Gasteiger partial charge in [-0.25, -0.2) is 0 Å². The quantitative estimate of drug-likeness (QED) is 0.689. The van der Waals surface area contributed by atoms with E-state index >= 15 is 0 Å². The van der Waals surface area contributed by atoms with Crippen LogP contribution in [0.15, 0.2) is 0 Å². The molecule has 0 saturated heterocycles. The van der Waals surface area contributed by atoms with Gasteiger partial charge in [-0.2, -0.15) is 0 Å². The summed E-state index contributed by atoms with van der Waals surface area (Å²) in [4.78, 5) is 11.5. The van der Waals surface area contributed by atoms with E-state index in [1.165, 1.54) is 38.5 Å². The van der Waals surface area contributed by atoms with Crippen molar-refractivity contribution in [2.45, 2.75) is 65.2 Å². The first-order chi connectivity index (χ1) is 7.74. The molecule has 1 aliphatic rings. The molecule has 0 radical (unpaired) electrons. The van der Waals surface area contributed by atoms with Crippen LogP contribution in [0.25, 0.3) is 0 Å². The maximum absolute atomic E-state index is 11.5. The predicted molar refractivity (Wildman–Crippen MR) is 68.3 cm³/mol. The molecule has 1 aliphatic carbocycles. The molecule has 0 bridgehead atoms. The number of rotatable bonds is 6. The molecule has 1 N–H and O–H groups in total. The largest absolute Gasteiger partial charge is 0.356 e. The summed E-state index contributed by atoms with van der Waals surface area (Å²) >= 11 is 0. The Hall–Kier alpha value is -0.530. The normalized spacial score (nSPS) is 19.4. The Labute approximate surface area is 100 Å². The van der Waals surface area contributed by atoms with Crippen molar-refractivity contribution >= 4 is 5.91 Å². The molecule has 0 aromatic carbocycles. The summed E-state index contributed by atoms with van der Waals surface area (Å²) in [5, 5.41) is 3.03. The second-order valence-corrected chi connectivity index (χ2v) is 5.25. The molecule has 1 saturated carbocycles. The lowest BCUT2D eigenvalue weighted by molar-refractivity contribution is -0.124. The maximum Gasteiger partial charge on any atom is 0.222 e. The van der Waals surface area contributed by atoms with Gasteiger partial charge in [0.1, 0.15) is 0 Å². The topological polar surface area (TPSA) is 29.1 Å². The lowest BCUT2D eigenvalue weighted by atomic mass is 9.86. The number of hydrogen-bond acceptors (Lipinski definition) is 1. The predicted octanol–water partition coefficient (Wildman–Crippen LogP) is 3.51. The highest BCUT2D eigenvalue weighted by molar-refractivity contribution is 5.78. The summed E-state index contributed by atoms with van der Waals surface area (Å²) in [5.41, 5.74) is 0. The molecule has 1 amide bonds. The summed E-state index contributed by atoms with van der Waals surface area (Å²) in [6, 6.07) is 0. The van der Waals surface area contributed by atoms with Gasteiger partial charge in [-0.05, 0) is 25.2 Å². The fourth-order valence-corrected chi connectivity index (χ4v) is 2.44. The van der Waals surface area contributed by atoms with Crippen molar-refractivity contribution < 1.29 is 4.79 Å². The molecular weight excluding hydrogens is 198 g/mol. The van der Waals surface area contributed by atoms with Crippen LogP contribution in [0.3, 0.4) is 0 Å². The van der Waals surface area contributed by atoms with E-state index in [0.717, 1.165) is 25.3 Å². The van der Waals surface area contributed by atoms with Gasteiger partial charge in [0, 0.05) is 12.5 Å². The highest BCUT2D eigenvalue weighted by Gasteiger charge is 2.13. The van der Waals surface area contributed by atoms with E-state index in [4.69, 9.17) is 0 Å². The Morgan fingerprint density at radius 2 is 2.00 bits per heavy atom. The van der Waals surface area contributed by atoms with Crippen LogP contribution in [0.4, 0.5) is 0 Å². The third kappa shape index (κ3) is 5.00. The number of nitrogens with one attached hydrogen (secondary N) is 1. The van der Waals surface area contributed by atoms with Crippen molar-refractivity contribution in [2.24, 2.45) is 11.8 Å². The van der Waals surface area contributed by atoms with Crippen LogP contribution < -0.4 is 5.32 Å². The summed E-state index contributed by atoms with van der Waals surface area (Å²) in [7, 11) is 0. The smallest absolute Gasteiger partial charge is 0.222 e. The number of amides is 1. The average molecular weight is 225 g/mol. The van der Waals surface area contributed by atoms with E-state index < -0.39 is 0 Å². The second kappa shape index (κ2) is 7.70. The minimum Gasteiger partial charge on any atom is -0.356 e. The van der Waals surface area contributed by atoms with Crippen molar-refractivity contribution in [3.8, 4) is 0 Å². The zero-order valence-corrected chi connectivity index (χ0v) is 10.9. The van der Waals surface area contributed by atoms with Gasteiger partial charge in [-0.1, -0.05) is 46.0 Å². The molecule has 94 valence electrons. The summed E-state index contributed by atoms with van der Waals surface area (Å²) in [6.45, 7) is 4.93. The number of carbonyl (C=O) groups is 1. The van der Waals surface area contributed by atoms with E-state index in [0.29, 0.717) is 0 Å². The van der Waals surface area contributed by atoms with E-state index in [9.17, 15) is 4.79 Å². The first kappa shape index (κ1) is 13.5. The van der Waals surface area contributed by atoms with Crippen molar-refractivity contribution in [3.05, 3.63) is 0 Å². The standard InChI is InChI=1S/C14H27NO/c1-3-12(2)14(16)15-11-7-10-13-8-5-4-6-9-13/h12-13H,3-11H2,1-2H3,(H,15,16). The monoisotopic (exact) mass is 225 g/mol. The minimum atomic E-state index is 0.176. The molecule has 1 atom stereocenters. The van der Waals surface area contributed by atoms with Crippen LogP contribution in [0, 0.1) is 11.8 Å². The lowest BCUT2D eigenvalue weighted by Crippen LogP contribution is -2.29. The molecular formula is C14H27NO. The molecule has 16 heavy (non-hydrogen) atoms. The highest BCUT2D eigenvalue weighted by Crippen LogP contribution is 2.26. The highest BCUT2D eigenvalue weighted by atomic mass is 16.1. The van der Waals surface area contributed by atoms with E-state index in [2.05, 4.69) is 12.2 Å². The fourth-order valence-electron chi connectivity index (χ4n) is 2.44. The van der Waals surface area contributed by atoms with E-state index in [1.54, 1.807) is 0 Å². The summed E-state index contributed by atoms with van der Waals surface area (Å²) in [5.74, 6) is 1.34.